The van der Waals surface area contributed by atoms with E-state index >= 15 is 0 Å². The zero-order valence-corrected chi connectivity index (χ0v) is 27.1. The van der Waals surface area contributed by atoms with Crippen molar-refractivity contribution in [1.29, 1.82) is 0 Å². The normalized spacial score (nSPS) is 26.3. The number of amides is 4. The summed E-state index contributed by atoms with van der Waals surface area (Å²) in [5.41, 5.74) is -2.28. The number of sulfonamides is 1. The molecule has 0 bridgehead atoms. The van der Waals surface area contributed by atoms with Gasteiger partial charge in [0, 0.05) is 12.5 Å². The molecule has 2 saturated carbocycles. The van der Waals surface area contributed by atoms with Gasteiger partial charge in [0.25, 0.3) is 5.91 Å². The van der Waals surface area contributed by atoms with Crippen molar-refractivity contribution in [3.63, 3.8) is 0 Å². The van der Waals surface area contributed by atoms with Gasteiger partial charge in [-0.1, -0.05) is 12.2 Å². The average molecular weight is 625 g/mol. The molecule has 12 nitrogen and oxygen atoms in total. The number of allylic oxidation sites excluding steroid dienone is 1. The maximum absolute atomic E-state index is 13.9. The molecule has 3 rings (SSSR count). The van der Waals surface area contributed by atoms with E-state index in [0.29, 0.717) is 38.5 Å². The minimum atomic E-state index is -3.92. The molecule has 0 aromatic carbocycles. The Hall–Kier alpha value is -2.93. The van der Waals surface area contributed by atoms with E-state index in [2.05, 4.69) is 28.5 Å². The minimum absolute atomic E-state index is 0.192. The van der Waals surface area contributed by atoms with E-state index in [4.69, 9.17) is 9.47 Å². The molecule has 0 aromatic rings. The number of hydrogen-bond acceptors (Lipinski definition) is 8. The van der Waals surface area contributed by atoms with Crippen LogP contribution in [-0.4, -0.2) is 83.9 Å². The fourth-order valence-electron chi connectivity index (χ4n) is 5.28. The van der Waals surface area contributed by atoms with E-state index in [0.717, 1.165) is 0 Å². The van der Waals surface area contributed by atoms with Gasteiger partial charge in [0.05, 0.1) is 17.0 Å². The zero-order valence-electron chi connectivity index (χ0n) is 26.2. The highest BCUT2D eigenvalue weighted by Gasteiger charge is 2.62. The summed E-state index contributed by atoms with van der Waals surface area (Å²) in [6, 6.07) is -2.09. The van der Waals surface area contributed by atoms with Crippen LogP contribution in [0.1, 0.15) is 86.5 Å². The Morgan fingerprint density at radius 3 is 2.33 bits per heavy atom. The predicted molar refractivity (Wildman–Crippen MR) is 161 cm³/mol. The van der Waals surface area contributed by atoms with E-state index in [1.807, 2.05) is 6.92 Å². The Bertz CT molecular complexity index is 1220. The topological polar surface area (TPSA) is 160 Å². The number of nitrogens with zero attached hydrogens (tertiary/aromatic N) is 1. The first-order chi connectivity index (χ1) is 19.9. The Balaban J connectivity index is 1.78. The maximum Gasteiger partial charge on any atom is 0.408 e. The second kappa shape index (κ2) is 13.0. The molecular formula is C30H48N4O8S. The van der Waals surface area contributed by atoms with Crippen LogP contribution in [0, 0.1) is 5.92 Å². The Morgan fingerprint density at radius 2 is 1.79 bits per heavy atom. The van der Waals surface area contributed by atoms with E-state index in [-0.39, 0.29) is 19.1 Å². The lowest BCUT2D eigenvalue weighted by Gasteiger charge is -2.33. The molecular weight excluding hydrogens is 576 g/mol. The quantitative estimate of drug-likeness (QED) is 0.249. The SMILES string of the molecule is C=CCC[C@@H](C)O[C@@H](C)C(NC(=O)OC(C)(C)C)C(=O)N1CCC[C@H]1C(=O)N[C@]1(C(=O)NS(=O)(=O)C2(C)CC2)C[C@H]1C=C. The molecule has 3 aliphatic rings. The first-order valence-corrected chi connectivity index (χ1v) is 16.5. The summed E-state index contributed by atoms with van der Waals surface area (Å²) in [5, 5.41) is 5.39. The number of nitrogens with one attached hydrogen (secondary N) is 3. The lowest BCUT2D eigenvalue weighted by molar-refractivity contribution is -0.144. The highest BCUT2D eigenvalue weighted by atomic mass is 32.2. The second-order valence-electron chi connectivity index (χ2n) is 13.2. The third kappa shape index (κ3) is 8.17. The number of rotatable bonds is 14. The van der Waals surface area contributed by atoms with Crippen LogP contribution in [0.15, 0.2) is 25.3 Å². The molecule has 3 fully saturated rings. The highest BCUT2D eigenvalue weighted by Crippen LogP contribution is 2.47. The molecule has 1 saturated heterocycles. The lowest BCUT2D eigenvalue weighted by Crippen LogP contribution is -2.60. The fourth-order valence-corrected chi connectivity index (χ4v) is 6.59. The van der Waals surface area contributed by atoms with E-state index in [1.54, 1.807) is 40.7 Å². The van der Waals surface area contributed by atoms with Crippen LogP contribution in [0.25, 0.3) is 0 Å². The van der Waals surface area contributed by atoms with Gasteiger partial charge in [0.15, 0.2) is 0 Å². The van der Waals surface area contributed by atoms with Crippen molar-refractivity contribution in [2.45, 2.75) is 127 Å². The van der Waals surface area contributed by atoms with Crippen LogP contribution in [0.2, 0.25) is 0 Å². The van der Waals surface area contributed by atoms with Gasteiger partial charge in [0.1, 0.15) is 23.2 Å². The summed E-state index contributed by atoms with van der Waals surface area (Å²) in [6.45, 7) is 17.9. The molecule has 0 spiro atoms. The number of hydrogen-bond donors (Lipinski definition) is 3. The number of ether oxygens (including phenoxy) is 2. The molecule has 1 unspecified atom stereocenters. The lowest BCUT2D eigenvalue weighted by atomic mass is 10.1. The van der Waals surface area contributed by atoms with Crippen molar-refractivity contribution in [2.24, 2.45) is 5.92 Å². The van der Waals surface area contributed by atoms with Crippen LogP contribution in [-0.2, 0) is 33.9 Å². The van der Waals surface area contributed by atoms with Gasteiger partial charge >= 0.3 is 6.09 Å². The smallest absolute Gasteiger partial charge is 0.408 e. The molecule has 1 heterocycles. The van der Waals surface area contributed by atoms with Crippen molar-refractivity contribution >= 4 is 33.8 Å². The van der Waals surface area contributed by atoms with Gasteiger partial charge in [0.2, 0.25) is 21.8 Å². The summed E-state index contributed by atoms with van der Waals surface area (Å²) >= 11 is 0. The van der Waals surface area contributed by atoms with E-state index in [1.165, 1.54) is 11.0 Å². The standard InChI is InChI=1S/C30H48N4O8S/c1-9-11-13-19(3)41-20(4)23(31-27(38)42-28(5,6)7)25(36)34-17-12-14-22(34)24(35)32-30(18-21(30)10-2)26(37)33-43(39,40)29(8)15-16-29/h9-10,19-23H,1-2,11-18H2,3-8H3,(H,31,38)(H,32,35)(H,33,37)/t19-,20+,21-,22+,23?,30-/m1/s1. The molecule has 2 aliphatic carbocycles. The summed E-state index contributed by atoms with van der Waals surface area (Å²) in [6.07, 6.45) is 4.80. The van der Waals surface area contributed by atoms with Gasteiger partial charge in [-0.25, -0.2) is 13.2 Å². The van der Waals surface area contributed by atoms with Crippen LogP contribution in [0.4, 0.5) is 4.79 Å². The summed E-state index contributed by atoms with van der Waals surface area (Å²) in [5.74, 6) is -2.37. The molecule has 0 radical (unpaired) electrons. The number of carbonyl (C=O) groups is 4. The van der Waals surface area contributed by atoms with Gasteiger partial charge in [-0.15, -0.1) is 13.2 Å². The Labute approximate surface area is 255 Å². The fraction of sp³-hybridized carbons (Fsp3) is 0.733. The second-order valence-corrected chi connectivity index (χ2v) is 15.4. The number of alkyl carbamates (subject to hydrolysis) is 1. The zero-order chi connectivity index (χ0) is 32.4. The molecule has 3 N–H and O–H groups in total. The third-order valence-corrected chi connectivity index (χ3v) is 10.5. The van der Waals surface area contributed by atoms with Crippen molar-refractivity contribution in [1.82, 2.24) is 20.3 Å². The number of likely N-dealkylation sites (tertiary alicyclic amines) is 1. The van der Waals surface area contributed by atoms with E-state index in [9.17, 15) is 27.6 Å². The van der Waals surface area contributed by atoms with Crippen molar-refractivity contribution in [2.75, 3.05) is 6.54 Å². The van der Waals surface area contributed by atoms with Crippen molar-refractivity contribution in [3.8, 4) is 0 Å². The first kappa shape index (κ1) is 34.6. The summed E-state index contributed by atoms with van der Waals surface area (Å²) < 4.78 is 38.1. The largest absolute Gasteiger partial charge is 0.444 e. The van der Waals surface area contributed by atoms with Gasteiger partial charge in [-0.05, 0) is 86.5 Å². The van der Waals surface area contributed by atoms with Crippen LogP contribution in [0.5, 0.6) is 0 Å². The number of carbonyl (C=O) groups excluding carboxylic acids is 4. The molecule has 1 aliphatic heterocycles. The van der Waals surface area contributed by atoms with Gasteiger partial charge < -0.3 is 25.0 Å². The first-order valence-electron chi connectivity index (χ1n) is 15.0. The predicted octanol–water partition coefficient (Wildman–Crippen LogP) is 2.69. The molecule has 13 heteroatoms. The highest BCUT2D eigenvalue weighted by molar-refractivity contribution is 7.91. The van der Waals surface area contributed by atoms with E-state index < -0.39 is 73.8 Å². The monoisotopic (exact) mass is 624 g/mol. The molecule has 6 atom stereocenters. The van der Waals surface area contributed by atoms with Crippen molar-refractivity contribution < 1.29 is 37.1 Å². The molecule has 4 amide bonds. The van der Waals surface area contributed by atoms with Gasteiger partial charge in [-0.3, -0.25) is 19.1 Å². The molecule has 43 heavy (non-hydrogen) atoms. The molecule has 0 aromatic heterocycles. The van der Waals surface area contributed by atoms with Crippen LogP contribution in [0.3, 0.4) is 0 Å². The summed E-state index contributed by atoms with van der Waals surface area (Å²) in [4.78, 5) is 54.9. The Kier molecular flexibility index (Phi) is 10.4. The maximum atomic E-state index is 13.9. The average Bonchev–Trinajstić information content (AvgIpc) is 3.77. The minimum Gasteiger partial charge on any atom is -0.444 e. The molecule has 242 valence electrons. The van der Waals surface area contributed by atoms with Crippen LogP contribution >= 0.6 is 0 Å². The Morgan fingerprint density at radius 1 is 1.14 bits per heavy atom. The summed E-state index contributed by atoms with van der Waals surface area (Å²) in [7, 11) is -3.92. The van der Waals surface area contributed by atoms with Crippen LogP contribution < -0.4 is 15.4 Å². The van der Waals surface area contributed by atoms with Crippen molar-refractivity contribution in [3.05, 3.63) is 25.3 Å². The van der Waals surface area contributed by atoms with Gasteiger partial charge in [-0.2, -0.15) is 0 Å². The third-order valence-electron chi connectivity index (χ3n) is 8.35.